The quantitative estimate of drug-likeness (QED) is 0.888. The maximum Gasteiger partial charge on any atom is 0.187 e. The van der Waals surface area contributed by atoms with E-state index in [2.05, 4.69) is 20.6 Å². The number of anilines is 2. The largest absolute Gasteiger partial charge is 0.396 e. The molecule has 1 aromatic heterocycles. The summed E-state index contributed by atoms with van der Waals surface area (Å²) < 4.78 is 0. The fraction of sp³-hybridized carbons (Fsp3) is 0.400. The molecule has 1 aliphatic rings. The van der Waals surface area contributed by atoms with E-state index in [9.17, 15) is 0 Å². The van der Waals surface area contributed by atoms with Gasteiger partial charge >= 0.3 is 0 Å². The van der Waals surface area contributed by atoms with Crippen molar-refractivity contribution in [3.05, 3.63) is 41.4 Å². The standard InChI is InChI=1S/C15H19N3OS/c19-10-12-6-7-18(8-12)9-14-11-20-15(17-14)16-13-4-2-1-3-5-13/h1-5,11-12,19H,6-10H2,(H,16,17). The summed E-state index contributed by atoms with van der Waals surface area (Å²) in [4.78, 5) is 6.99. The zero-order valence-electron chi connectivity index (χ0n) is 11.3. The highest BCUT2D eigenvalue weighted by Gasteiger charge is 2.22. The molecule has 1 aromatic carbocycles. The maximum absolute atomic E-state index is 9.17. The van der Waals surface area contributed by atoms with Crippen LogP contribution in [0.2, 0.25) is 0 Å². The van der Waals surface area contributed by atoms with Crippen molar-refractivity contribution >= 4 is 22.2 Å². The highest BCUT2D eigenvalue weighted by atomic mass is 32.1. The van der Waals surface area contributed by atoms with Crippen molar-refractivity contribution in [2.75, 3.05) is 25.0 Å². The van der Waals surface area contributed by atoms with Crippen LogP contribution in [-0.2, 0) is 6.54 Å². The Balaban J connectivity index is 1.57. The lowest BCUT2D eigenvalue weighted by molar-refractivity contribution is 0.219. The molecule has 4 nitrogen and oxygen atoms in total. The fourth-order valence-corrected chi connectivity index (χ4v) is 3.24. The van der Waals surface area contributed by atoms with Crippen LogP contribution in [0.15, 0.2) is 35.7 Å². The number of nitrogens with one attached hydrogen (secondary N) is 1. The molecule has 2 heterocycles. The van der Waals surface area contributed by atoms with Gasteiger partial charge in [-0.15, -0.1) is 11.3 Å². The van der Waals surface area contributed by atoms with E-state index in [1.165, 1.54) is 0 Å². The Kier molecular flexibility index (Phi) is 4.30. The van der Waals surface area contributed by atoms with E-state index in [4.69, 9.17) is 5.11 Å². The Morgan fingerprint density at radius 3 is 2.95 bits per heavy atom. The average molecular weight is 289 g/mol. The van der Waals surface area contributed by atoms with E-state index in [1.807, 2.05) is 30.3 Å². The van der Waals surface area contributed by atoms with E-state index >= 15 is 0 Å². The second kappa shape index (κ2) is 6.35. The van der Waals surface area contributed by atoms with E-state index in [1.54, 1.807) is 11.3 Å². The Morgan fingerprint density at radius 1 is 1.35 bits per heavy atom. The Bertz CT molecular complexity index is 543. The molecule has 2 aromatic rings. The number of benzene rings is 1. The first kappa shape index (κ1) is 13.5. The summed E-state index contributed by atoms with van der Waals surface area (Å²) in [6.45, 7) is 3.22. The lowest BCUT2D eigenvalue weighted by atomic mass is 10.1. The molecule has 0 spiro atoms. The van der Waals surface area contributed by atoms with Gasteiger partial charge in [0.05, 0.1) is 5.69 Å². The number of para-hydroxylation sites is 1. The van der Waals surface area contributed by atoms with Crippen LogP contribution in [0.5, 0.6) is 0 Å². The highest BCUT2D eigenvalue weighted by molar-refractivity contribution is 7.13. The lowest BCUT2D eigenvalue weighted by Gasteiger charge is -2.13. The molecular weight excluding hydrogens is 270 g/mol. The Hall–Kier alpha value is -1.43. The topological polar surface area (TPSA) is 48.4 Å². The first-order chi connectivity index (χ1) is 9.83. The molecule has 0 bridgehead atoms. The van der Waals surface area contributed by atoms with E-state index in [0.29, 0.717) is 12.5 Å². The number of aromatic nitrogens is 1. The van der Waals surface area contributed by atoms with Gasteiger partial charge in [-0.25, -0.2) is 4.98 Å². The van der Waals surface area contributed by atoms with Crippen LogP contribution in [0.4, 0.5) is 10.8 Å². The van der Waals surface area contributed by atoms with Crippen molar-refractivity contribution < 1.29 is 5.11 Å². The van der Waals surface area contributed by atoms with E-state index in [-0.39, 0.29) is 0 Å². The number of hydrogen-bond donors (Lipinski definition) is 2. The van der Waals surface area contributed by atoms with Gasteiger partial charge in [0.15, 0.2) is 5.13 Å². The molecule has 106 valence electrons. The zero-order chi connectivity index (χ0) is 13.8. The third-order valence-electron chi connectivity index (χ3n) is 3.59. The van der Waals surface area contributed by atoms with Gasteiger partial charge in [-0.1, -0.05) is 18.2 Å². The van der Waals surface area contributed by atoms with Crippen molar-refractivity contribution in [3.8, 4) is 0 Å². The molecule has 5 heteroatoms. The molecule has 0 amide bonds. The van der Waals surface area contributed by atoms with Crippen molar-refractivity contribution in [1.29, 1.82) is 0 Å². The molecule has 1 fully saturated rings. The minimum absolute atomic E-state index is 0.300. The van der Waals surface area contributed by atoms with Crippen LogP contribution in [0, 0.1) is 5.92 Å². The summed E-state index contributed by atoms with van der Waals surface area (Å²) in [6.07, 6.45) is 1.09. The predicted molar refractivity (Wildman–Crippen MR) is 82.3 cm³/mol. The predicted octanol–water partition coefficient (Wildman–Crippen LogP) is 2.70. The third-order valence-corrected chi connectivity index (χ3v) is 4.40. The molecule has 1 unspecified atom stereocenters. The molecule has 0 saturated carbocycles. The number of aliphatic hydroxyl groups is 1. The smallest absolute Gasteiger partial charge is 0.187 e. The monoisotopic (exact) mass is 289 g/mol. The summed E-state index contributed by atoms with van der Waals surface area (Å²) in [6, 6.07) is 10.1. The molecule has 1 atom stereocenters. The molecule has 1 aliphatic heterocycles. The Morgan fingerprint density at radius 2 is 2.20 bits per heavy atom. The number of thiazole rings is 1. The van der Waals surface area contributed by atoms with Gasteiger partial charge < -0.3 is 10.4 Å². The number of nitrogens with zero attached hydrogens (tertiary/aromatic N) is 2. The second-order valence-electron chi connectivity index (χ2n) is 5.21. The van der Waals surface area contributed by atoms with Crippen LogP contribution in [0.3, 0.4) is 0 Å². The summed E-state index contributed by atoms with van der Waals surface area (Å²) >= 11 is 1.64. The van der Waals surface area contributed by atoms with Gasteiger partial charge in [0.2, 0.25) is 0 Å². The Labute approximate surface area is 123 Å². The van der Waals surface area contributed by atoms with Gasteiger partial charge in [-0.3, -0.25) is 4.90 Å². The third kappa shape index (κ3) is 3.36. The lowest BCUT2D eigenvalue weighted by Crippen LogP contribution is -2.21. The number of likely N-dealkylation sites (tertiary alicyclic amines) is 1. The number of hydrogen-bond acceptors (Lipinski definition) is 5. The maximum atomic E-state index is 9.17. The minimum Gasteiger partial charge on any atom is -0.396 e. The van der Waals surface area contributed by atoms with Gasteiger partial charge in [0.25, 0.3) is 0 Å². The van der Waals surface area contributed by atoms with Gasteiger partial charge in [0, 0.05) is 30.8 Å². The number of rotatable bonds is 5. The molecule has 1 saturated heterocycles. The zero-order valence-corrected chi connectivity index (χ0v) is 12.1. The summed E-state index contributed by atoms with van der Waals surface area (Å²) in [7, 11) is 0. The minimum atomic E-state index is 0.300. The van der Waals surface area contributed by atoms with E-state index in [0.717, 1.165) is 42.6 Å². The van der Waals surface area contributed by atoms with Gasteiger partial charge in [-0.05, 0) is 31.0 Å². The summed E-state index contributed by atoms with van der Waals surface area (Å²) in [5, 5.41) is 15.5. The normalized spacial score (nSPS) is 19.4. The number of aliphatic hydroxyl groups excluding tert-OH is 1. The van der Waals surface area contributed by atoms with Crippen LogP contribution >= 0.6 is 11.3 Å². The van der Waals surface area contributed by atoms with Crippen molar-refractivity contribution in [3.63, 3.8) is 0 Å². The average Bonchev–Trinajstić information content (AvgIpc) is 3.10. The fourth-order valence-electron chi connectivity index (χ4n) is 2.52. The summed E-state index contributed by atoms with van der Waals surface area (Å²) in [5.41, 5.74) is 2.17. The van der Waals surface area contributed by atoms with Crippen molar-refractivity contribution in [1.82, 2.24) is 9.88 Å². The SMILES string of the molecule is OCC1CCN(Cc2csc(Nc3ccccc3)n2)C1. The van der Waals surface area contributed by atoms with Crippen LogP contribution < -0.4 is 5.32 Å². The first-order valence-corrected chi connectivity index (χ1v) is 7.81. The highest BCUT2D eigenvalue weighted by Crippen LogP contribution is 2.23. The van der Waals surface area contributed by atoms with Crippen molar-refractivity contribution in [2.24, 2.45) is 5.92 Å². The molecular formula is C15H19N3OS. The van der Waals surface area contributed by atoms with Gasteiger partial charge in [0.1, 0.15) is 0 Å². The molecule has 2 N–H and O–H groups in total. The first-order valence-electron chi connectivity index (χ1n) is 6.93. The van der Waals surface area contributed by atoms with Crippen LogP contribution in [0.1, 0.15) is 12.1 Å². The molecule has 20 heavy (non-hydrogen) atoms. The van der Waals surface area contributed by atoms with Crippen LogP contribution in [0.25, 0.3) is 0 Å². The molecule has 0 aliphatic carbocycles. The summed E-state index contributed by atoms with van der Waals surface area (Å²) in [5.74, 6) is 0.440. The van der Waals surface area contributed by atoms with E-state index < -0.39 is 0 Å². The molecule has 3 rings (SSSR count). The van der Waals surface area contributed by atoms with Crippen molar-refractivity contribution in [2.45, 2.75) is 13.0 Å². The van der Waals surface area contributed by atoms with Gasteiger partial charge in [-0.2, -0.15) is 0 Å². The van der Waals surface area contributed by atoms with Crippen LogP contribution in [-0.4, -0.2) is 34.7 Å². The second-order valence-corrected chi connectivity index (χ2v) is 6.07. The molecule has 0 radical (unpaired) electrons.